The Kier molecular flexibility index (Phi) is 2.83. The van der Waals surface area contributed by atoms with Gasteiger partial charge in [0.05, 0.1) is 6.20 Å². The Hall–Kier alpha value is -1.91. The van der Waals surface area contributed by atoms with E-state index in [4.69, 9.17) is 5.73 Å². The third-order valence-corrected chi connectivity index (χ3v) is 2.45. The number of halogens is 2. The van der Waals surface area contributed by atoms with E-state index in [1.807, 2.05) is 0 Å². The van der Waals surface area contributed by atoms with Gasteiger partial charge < -0.3 is 5.73 Å². The fourth-order valence-electron chi connectivity index (χ4n) is 1.69. The number of nitrogens with one attached hydrogen (secondary N) is 1. The van der Waals surface area contributed by atoms with Crippen LogP contribution in [0.25, 0.3) is 11.1 Å². The smallest absolute Gasteiger partial charge is 0.249 e. The number of aromatic amines is 1. The van der Waals surface area contributed by atoms with Crippen LogP contribution in [0.1, 0.15) is 12.5 Å². The lowest BCUT2D eigenvalue weighted by molar-refractivity contribution is 0.0226. The van der Waals surface area contributed by atoms with Crippen molar-refractivity contribution < 1.29 is 8.78 Å². The van der Waals surface area contributed by atoms with Crippen molar-refractivity contribution in [2.45, 2.75) is 19.3 Å². The Morgan fingerprint density at radius 2 is 1.94 bits per heavy atom. The summed E-state index contributed by atoms with van der Waals surface area (Å²) in [6, 6.07) is 6.89. The molecular weight excluding hydrogens is 224 g/mol. The van der Waals surface area contributed by atoms with Crippen LogP contribution in [-0.2, 0) is 6.42 Å². The summed E-state index contributed by atoms with van der Waals surface area (Å²) in [7, 11) is 0. The summed E-state index contributed by atoms with van der Waals surface area (Å²) in [5.41, 5.74) is 7.91. The minimum absolute atomic E-state index is 0.256. The zero-order valence-electron chi connectivity index (χ0n) is 9.37. The Bertz CT molecular complexity index is 497. The Balaban J connectivity index is 2.22. The van der Waals surface area contributed by atoms with Gasteiger partial charge in [0.1, 0.15) is 5.82 Å². The molecule has 0 saturated carbocycles. The third kappa shape index (κ3) is 2.81. The van der Waals surface area contributed by atoms with E-state index in [-0.39, 0.29) is 6.42 Å². The predicted octanol–water partition coefficient (Wildman–Crippen LogP) is 2.86. The Morgan fingerprint density at radius 3 is 2.41 bits per heavy atom. The summed E-state index contributed by atoms with van der Waals surface area (Å²) in [6.45, 7) is 0.912. The molecule has 0 fully saturated rings. The van der Waals surface area contributed by atoms with Gasteiger partial charge in [-0.1, -0.05) is 24.3 Å². The minimum Gasteiger partial charge on any atom is -0.384 e. The van der Waals surface area contributed by atoms with Gasteiger partial charge in [0.15, 0.2) is 0 Å². The summed E-state index contributed by atoms with van der Waals surface area (Å²) >= 11 is 0. The molecule has 0 unspecified atom stereocenters. The summed E-state index contributed by atoms with van der Waals surface area (Å²) in [6.07, 6.45) is 1.35. The maximum Gasteiger partial charge on any atom is 0.249 e. The summed E-state index contributed by atoms with van der Waals surface area (Å²) in [5, 5.41) is 6.44. The number of hydrogen-bond donors (Lipinski definition) is 2. The molecule has 90 valence electrons. The summed E-state index contributed by atoms with van der Waals surface area (Å²) in [4.78, 5) is 0. The Labute approximate surface area is 97.7 Å². The zero-order chi connectivity index (χ0) is 12.5. The van der Waals surface area contributed by atoms with Gasteiger partial charge in [-0.15, -0.1) is 0 Å². The van der Waals surface area contributed by atoms with E-state index in [0.717, 1.165) is 18.1 Å². The molecular formula is C12H13F2N3. The van der Waals surface area contributed by atoms with Crippen LogP contribution in [0.15, 0.2) is 30.5 Å². The van der Waals surface area contributed by atoms with E-state index >= 15 is 0 Å². The highest BCUT2D eigenvalue weighted by atomic mass is 19.3. The molecule has 1 aromatic carbocycles. The van der Waals surface area contributed by atoms with Crippen molar-refractivity contribution in [3.05, 3.63) is 36.0 Å². The number of nitrogens with zero attached hydrogens (tertiary/aromatic N) is 1. The van der Waals surface area contributed by atoms with E-state index in [1.165, 1.54) is 0 Å². The SMILES string of the molecule is CC(F)(F)Cc1ccc(-c2cn[nH]c2N)cc1. The van der Waals surface area contributed by atoms with Crippen LogP contribution in [0.2, 0.25) is 0 Å². The quantitative estimate of drug-likeness (QED) is 0.862. The van der Waals surface area contributed by atoms with Crippen molar-refractivity contribution >= 4 is 5.82 Å². The number of rotatable bonds is 3. The summed E-state index contributed by atoms with van der Waals surface area (Å²) < 4.78 is 25.6. The van der Waals surface area contributed by atoms with Crippen molar-refractivity contribution in [2.24, 2.45) is 0 Å². The van der Waals surface area contributed by atoms with Gasteiger partial charge in [0, 0.05) is 12.0 Å². The van der Waals surface area contributed by atoms with Gasteiger partial charge in [-0.05, 0) is 18.1 Å². The van der Waals surface area contributed by atoms with Crippen molar-refractivity contribution in [2.75, 3.05) is 5.73 Å². The fourth-order valence-corrected chi connectivity index (χ4v) is 1.69. The standard InChI is InChI=1S/C12H13F2N3/c1-12(13,14)6-8-2-4-9(5-3-8)10-7-16-17-11(10)15/h2-5,7H,6H2,1H3,(H3,15,16,17). The van der Waals surface area contributed by atoms with E-state index in [2.05, 4.69) is 10.2 Å². The molecule has 0 radical (unpaired) electrons. The fraction of sp³-hybridized carbons (Fsp3) is 0.250. The molecule has 3 nitrogen and oxygen atoms in total. The van der Waals surface area contributed by atoms with Gasteiger partial charge >= 0.3 is 0 Å². The largest absolute Gasteiger partial charge is 0.384 e. The second kappa shape index (κ2) is 4.16. The van der Waals surface area contributed by atoms with Crippen molar-refractivity contribution in [1.29, 1.82) is 0 Å². The first-order valence-corrected chi connectivity index (χ1v) is 5.22. The van der Waals surface area contributed by atoms with Crippen LogP contribution in [-0.4, -0.2) is 16.1 Å². The molecule has 0 aliphatic carbocycles. The molecule has 0 aliphatic heterocycles. The van der Waals surface area contributed by atoms with Crippen LogP contribution in [0, 0.1) is 0 Å². The number of hydrogen-bond acceptors (Lipinski definition) is 2. The number of nitrogens with two attached hydrogens (primary N) is 1. The number of H-pyrrole nitrogens is 1. The van der Waals surface area contributed by atoms with Gasteiger partial charge in [-0.2, -0.15) is 5.10 Å². The molecule has 3 N–H and O–H groups in total. The van der Waals surface area contributed by atoms with Crippen LogP contribution in [0.5, 0.6) is 0 Å². The first-order chi connectivity index (χ1) is 7.96. The number of alkyl halides is 2. The molecule has 5 heteroatoms. The maximum atomic E-state index is 12.8. The van der Waals surface area contributed by atoms with Crippen LogP contribution < -0.4 is 5.73 Å². The molecule has 0 spiro atoms. The molecule has 0 aliphatic rings. The lowest BCUT2D eigenvalue weighted by Crippen LogP contribution is -2.13. The highest BCUT2D eigenvalue weighted by Gasteiger charge is 2.21. The van der Waals surface area contributed by atoms with Gasteiger partial charge in [-0.25, -0.2) is 8.78 Å². The second-order valence-electron chi connectivity index (χ2n) is 4.14. The molecule has 1 heterocycles. The molecule has 17 heavy (non-hydrogen) atoms. The predicted molar refractivity (Wildman–Crippen MR) is 62.8 cm³/mol. The first-order valence-electron chi connectivity index (χ1n) is 5.22. The molecule has 0 saturated heterocycles. The molecule has 0 amide bonds. The van der Waals surface area contributed by atoms with Gasteiger partial charge in [0.2, 0.25) is 5.92 Å². The topological polar surface area (TPSA) is 54.7 Å². The number of anilines is 1. The van der Waals surface area contributed by atoms with Crippen LogP contribution in [0.4, 0.5) is 14.6 Å². The molecule has 1 aromatic heterocycles. The first kappa shape index (κ1) is 11.6. The zero-order valence-corrected chi connectivity index (χ0v) is 9.37. The summed E-state index contributed by atoms with van der Waals surface area (Å²) in [5.74, 6) is -2.21. The van der Waals surface area contributed by atoms with Crippen molar-refractivity contribution in [3.63, 3.8) is 0 Å². The monoisotopic (exact) mass is 237 g/mol. The van der Waals surface area contributed by atoms with E-state index in [9.17, 15) is 8.78 Å². The lowest BCUT2D eigenvalue weighted by Gasteiger charge is -2.10. The minimum atomic E-state index is -2.68. The third-order valence-electron chi connectivity index (χ3n) is 2.45. The van der Waals surface area contributed by atoms with Crippen LogP contribution in [0.3, 0.4) is 0 Å². The van der Waals surface area contributed by atoms with E-state index in [1.54, 1.807) is 30.5 Å². The highest BCUT2D eigenvalue weighted by molar-refractivity contribution is 5.72. The average molecular weight is 237 g/mol. The molecule has 2 rings (SSSR count). The molecule has 0 bridgehead atoms. The van der Waals surface area contributed by atoms with Crippen LogP contribution >= 0.6 is 0 Å². The maximum absolute atomic E-state index is 12.8. The normalized spacial score (nSPS) is 11.7. The van der Waals surface area contributed by atoms with Gasteiger partial charge in [-0.3, -0.25) is 5.10 Å². The number of benzene rings is 1. The van der Waals surface area contributed by atoms with Crippen molar-refractivity contribution in [1.82, 2.24) is 10.2 Å². The number of aromatic nitrogens is 2. The second-order valence-corrected chi connectivity index (χ2v) is 4.14. The van der Waals surface area contributed by atoms with E-state index < -0.39 is 5.92 Å². The molecule has 2 aromatic rings. The van der Waals surface area contributed by atoms with Gasteiger partial charge in [0.25, 0.3) is 0 Å². The number of nitrogen functional groups attached to an aromatic ring is 1. The highest BCUT2D eigenvalue weighted by Crippen LogP contribution is 2.25. The average Bonchev–Trinajstić information content (AvgIpc) is 2.63. The van der Waals surface area contributed by atoms with E-state index in [0.29, 0.717) is 11.4 Å². The Morgan fingerprint density at radius 1 is 1.29 bits per heavy atom. The van der Waals surface area contributed by atoms with Crippen molar-refractivity contribution in [3.8, 4) is 11.1 Å². The molecule has 0 atom stereocenters. The lowest BCUT2D eigenvalue weighted by atomic mass is 10.0.